The number of hydrogen-bond donors (Lipinski definition) is 3. The molecule has 6 heteroatoms. The van der Waals surface area contributed by atoms with Crippen LogP contribution in [-0.2, 0) is 9.59 Å². The van der Waals surface area contributed by atoms with Crippen molar-refractivity contribution in [2.45, 2.75) is 66.3 Å². The molecule has 0 saturated carbocycles. The van der Waals surface area contributed by atoms with Gasteiger partial charge >= 0.3 is 0 Å². The van der Waals surface area contributed by atoms with Crippen LogP contribution in [0, 0.1) is 0 Å². The number of amides is 2. The van der Waals surface area contributed by atoms with Gasteiger partial charge in [0.25, 0.3) is 5.91 Å². The van der Waals surface area contributed by atoms with Gasteiger partial charge in [-0.3, -0.25) is 15.0 Å². The summed E-state index contributed by atoms with van der Waals surface area (Å²) in [5, 5.41) is 2.68. The zero-order valence-corrected chi connectivity index (χ0v) is 18.6. The minimum Gasteiger partial charge on any atom is -0.344 e. The first-order valence-corrected chi connectivity index (χ1v) is 10.7. The Balaban J connectivity index is 4.20. The highest BCUT2D eigenvalue weighted by atomic mass is 32.2. The second-order valence-corrected chi connectivity index (χ2v) is 8.06. The molecule has 0 heterocycles. The highest BCUT2D eigenvalue weighted by Crippen LogP contribution is 2.13. The average molecular weight is 396 g/mol. The lowest BCUT2D eigenvalue weighted by Crippen LogP contribution is -2.50. The molecule has 1 atom stereocenters. The van der Waals surface area contributed by atoms with Crippen LogP contribution in [0.5, 0.6) is 0 Å². The summed E-state index contributed by atoms with van der Waals surface area (Å²) in [6.45, 7) is 10.0. The fraction of sp³-hybridized carbons (Fsp3) is 0.619. The molecule has 0 aromatic heterocycles. The molecule has 0 fully saturated rings. The number of carbonyl (C=O) groups excluding carboxylic acids is 2. The Morgan fingerprint density at radius 2 is 1.52 bits per heavy atom. The van der Waals surface area contributed by atoms with E-state index in [1.54, 1.807) is 18.8 Å². The van der Waals surface area contributed by atoms with Gasteiger partial charge in [0.1, 0.15) is 6.04 Å². The summed E-state index contributed by atoms with van der Waals surface area (Å²) >= 11 is 1.64. The third kappa shape index (κ3) is 15.2. The fourth-order valence-electron chi connectivity index (χ4n) is 2.36. The van der Waals surface area contributed by atoms with Crippen LogP contribution < -0.4 is 16.2 Å². The van der Waals surface area contributed by atoms with Crippen LogP contribution in [0.1, 0.15) is 60.3 Å². The number of nitrogens with one attached hydrogen (secondary N) is 3. The van der Waals surface area contributed by atoms with E-state index < -0.39 is 6.04 Å². The molecule has 0 aromatic rings. The summed E-state index contributed by atoms with van der Waals surface area (Å²) in [5.74, 6) is 0.943. The summed E-state index contributed by atoms with van der Waals surface area (Å²) in [5.41, 5.74) is 9.30. The van der Waals surface area contributed by atoms with Crippen LogP contribution >= 0.6 is 11.8 Å². The summed E-state index contributed by atoms with van der Waals surface area (Å²) < 4.78 is 0. The van der Waals surface area contributed by atoms with E-state index in [-0.39, 0.29) is 11.8 Å². The van der Waals surface area contributed by atoms with Crippen LogP contribution in [0.3, 0.4) is 0 Å². The zero-order chi connectivity index (χ0) is 20.7. The van der Waals surface area contributed by atoms with Gasteiger partial charge in [-0.25, -0.2) is 5.43 Å². The number of allylic oxidation sites excluding steroid dienone is 5. The molecule has 0 bridgehead atoms. The Bertz CT molecular complexity index is 550. The van der Waals surface area contributed by atoms with Crippen LogP contribution in [0.25, 0.3) is 0 Å². The van der Waals surface area contributed by atoms with Gasteiger partial charge in [0.15, 0.2) is 0 Å². The lowest BCUT2D eigenvalue weighted by atomic mass is 10.1. The molecular weight excluding hydrogens is 358 g/mol. The Kier molecular flexibility index (Phi) is 14.6. The Labute approximate surface area is 169 Å². The van der Waals surface area contributed by atoms with E-state index in [9.17, 15) is 9.59 Å². The number of rotatable bonds is 13. The Morgan fingerprint density at radius 1 is 0.926 bits per heavy atom. The monoisotopic (exact) mass is 395 g/mol. The largest absolute Gasteiger partial charge is 0.344 e. The summed E-state index contributed by atoms with van der Waals surface area (Å²) in [6, 6.07) is -0.528. The fourth-order valence-corrected chi connectivity index (χ4v) is 3.37. The van der Waals surface area contributed by atoms with Crippen LogP contribution in [-0.4, -0.2) is 36.4 Å². The normalized spacial score (nSPS) is 13.1. The van der Waals surface area contributed by atoms with E-state index in [1.165, 1.54) is 23.6 Å². The molecule has 154 valence electrons. The first kappa shape index (κ1) is 25.5. The number of thioether (sulfide) groups is 1. The standard InChI is InChI=1S/C21H37N3O2S/c1-16(2)9-7-10-17(3)11-8-12-18(4)13-14-27-15-20(23-19(5)25)21(26)24-22-6/h9,11,13,20,22H,7-8,10,12,14-15H2,1-6H3,(H,23,25)(H,24,26)/t20-/m0/s1. The van der Waals surface area contributed by atoms with Gasteiger partial charge in [-0.05, 0) is 53.4 Å². The first-order chi connectivity index (χ1) is 12.8. The molecule has 0 rings (SSSR count). The lowest BCUT2D eigenvalue weighted by Gasteiger charge is -2.16. The third-order valence-corrected chi connectivity index (χ3v) is 4.87. The molecule has 0 aliphatic rings. The molecule has 0 aromatic carbocycles. The lowest BCUT2D eigenvalue weighted by molar-refractivity contribution is -0.128. The molecule has 27 heavy (non-hydrogen) atoms. The van der Waals surface area contributed by atoms with Crippen molar-refractivity contribution in [3.63, 3.8) is 0 Å². The van der Waals surface area contributed by atoms with Gasteiger partial charge in [0.2, 0.25) is 5.91 Å². The summed E-state index contributed by atoms with van der Waals surface area (Å²) in [4.78, 5) is 23.1. The van der Waals surface area contributed by atoms with Crippen molar-refractivity contribution in [3.05, 3.63) is 34.9 Å². The molecule has 0 spiro atoms. The maximum absolute atomic E-state index is 11.9. The maximum atomic E-state index is 11.9. The second-order valence-electron chi connectivity index (χ2n) is 6.99. The summed E-state index contributed by atoms with van der Waals surface area (Å²) in [6.07, 6.45) is 11.2. The van der Waals surface area contributed by atoms with E-state index in [1.807, 2.05) is 0 Å². The SMILES string of the molecule is CNNC(=O)[C@H](CSCC=C(C)CCC=C(C)CCC=C(C)C)NC(C)=O. The predicted molar refractivity (Wildman–Crippen MR) is 118 cm³/mol. The minimum atomic E-state index is -0.528. The quantitative estimate of drug-likeness (QED) is 0.251. The van der Waals surface area contributed by atoms with Gasteiger partial charge in [0, 0.05) is 25.5 Å². The number of carbonyl (C=O) groups is 2. The van der Waals surface area contributed by atoms with Crippen molar-refractivity contribution in [1.82, 2.24) is 16.2 Å². The van der Waals surface area contributed by atoms with Gasteiger partial charge in [-0.15, -0.1) is 0 Å². The third-order valence-electron chi connectivity index (χ3n) is 3.90. The highest BCUT2D eigenvalue weighted by molar-refractivity contribution is 7.99. The topological polar surface area (TPSA) is 70.2 Å². The van der Waals surface area contributed by atoms with Crippen LogP contribution in [0.4, 0.5) is 0 Å². The number of hydrazine groups is 1. The van der Waals surface area contributed by atoms with E-state index in [4.69, 9.17) is 0 Å². The molecule has 5 nitrogen and oxygen atoms in total. The zero-order valence-electron chi connectivity index (χ0n) is 17.8. The van der Waals surface area contributed by atoms with Crippen molar-refractivity contribution in [2.24, 2.45) is 0 Å². The molecule has 2 amide bonds. The van der Waals surface area contributed by atoms with Gasteiger partial charge in [-0.2, -0.15) is 11.8 Å². The van der Waals surface area contributed by atoms with Gasteiger partial charge < -0.3 is 5.32 Å². The molecule has 0 radical (unpaired) electrons. The van der Waals surface area contributed by atoms with Crippen LogP contribution in [0.15, 0.2) is 34.9 Å². The Morgan fingerprint density at radius 3 is 2.07 bits per heavy atom. The number of hydrogen-bond acceptors (Lipinski definition) is 4. The molecule has 3 N–H and O–H groups in total. The van der Waals surface area contributed by atoms with Gasteiger partial charge in [0.05, 0.1) is 0 Å². The second kappa shape index (κ2) is 15.5. The van der Waals surface area contributed by atoms with E-state index in [0.29, 0.717) is 5.75 Å². The molecular formula is C21H37N3O2S. The molecule has 0 aliphatic carbocycles. The minimum absolute atomic E-state index is 0.203. The van der Waals surface area contributed by atoms with Gasteiger partial charge in [-0.1, -0.05) is 34.9 Å². The maximum Gasteiger partial charge on any atom is 0.257 e. The smallest absolute Gasteiger partial charge is 0.257 e. The van der Waals surface area contributed by atoms with E-state index >= 15 is 0 Å². The van der Waals surface area contributed by atoms with Crippen molar-refractivity contribution >= 4 is 23.6 Å². The predicted octanol–water partition coefficient (Wildman–Crippen LogP) is 3.89. The first-order valence-electron chi connectivity index (χ1n) is 9.52. The average Bonchev–Trinajstić information content (AvgIpc) is 2.57. The van der Waals surface area contributed by atoms with Crippen molar-refractivity contribution < 1.29 is 9.59 Å². The van der Waals surface area contributed by atoms with E-state index in [2.05, 4.69) is 62.1 Å². The van der Waals surface area contributed by atoms with Crippen molar-refractivity contribution in [1.29, 1.82) is 0 Å². The molecule has 0 unspecified atom stereocenters. The Hall–Kier alpha value is -1.53. The molecule has 0 saturated heterocycles. The molecule has 0 aliphatic heterocycles. The van der Waals surface area contributed by atoms with Crippen LogP contribution in [0.2, 0.25) is 0 Å². The summed E-state index contributed by atoms with van der Waals surface area (Å²) in [7, 11) is 1.62. The van der Waals surface area contributed by atoms with Crippen molar-refractivity contribution in [3.8, 4) is 0 Å². The highest BCUT2D eigenvalue weighted by Gasteiger charge is 2.18. The van der Waals surface area contributed by atoms with E-state index in [0.717, 1.165) is 31.4 Å². The van der Waals surface area contributed by atoms with Crippen molar-refractivity contribution in [2.75, 3.05) is 18.6 Å².